The zero-order valence-electron chi connectivity index (χ0n) is 17.1. The molecule has 3 aliphatic heterocycles. The van der Waals surface area contributed by atoms with Gasteiger partial charge in [-0.25, -0.2) is 0 Å². The zero-order valence-corrected chi connectivity index (χ0v) is 17.1. The molecule has 2 atom stereocenters. The Morgan fingerprint density at radius 1 is 1.19 bits per heavy atom. The minimum absolute atomic E-state index is 0.265. The number of aliphatic hydroxyl groups is 1. The summed E-state index contributed by atoms with van der Waals surface area (Å²) in [6, 6.07) is 1.23. The number of piperidine rings is 1. The molecule has 4 rings (SSSR count). The number of ether oxygens (including phenoxy) is 1. The first-order valence-corrected chi connectivity index (χ1v) is 11.1. The van der Waals surface area contributed by atoms with Crippen molar-refractivity contribution in [1.82, 2.24) is 14.7 Å². The van der Waals surface area contributed by atoms with Gasteiger partial charge in [0.05, 0.1) is 0 Å². The maximum Gasteiger partial charge on any atom is 0.219 e. The van der Waals surface area contributed by atoms with Crippen LogP contribution < -0.4 is 0 Å². The van der Waals surface area contributed by atoms with Crippen LogP contribution in [0, 0.1) is 11.3 Å². The SMILES string of the molecule is CCOC(O)N1CCC2(CC(N3CCC(C4CCCN4C(C)=O)CC3)C2)C1. The third-order valence-electron chi connectivity index (χ3n) is 7.77. The van der Waals surface area contributed by atoms with Crippen LogP contribution in [0.25, 0.3) is 0 Å². The maximum atomic E-state index is 11.9. The van der Waals surface area contributed by atoms with E-state index < -0.39 is 6.41 Å². The summed E-state index contributed by atoms with van der Waals surface area (Å²) in [5, 5.41) is 10.1. The number of carbonyl (C=O) groups is 1. The van der Waals surface area contributed by atoms with Crippen molar-refractivity contribution in [1.29, 1.82) is 0 Å². The molecule has 6 nitrogen and oxygen atoms in total. The smallest absolute Gasteiger partial charge is 0.219 e. The Bertz CT molecular complexity index is 529. The molecule has 1 spiro atoms. The number of carbonyl (C=O) groups excluding carboxylic acids is 1. The molecule has 4 aliphatic rings. The fraction of sp³-hybridized carbons (Fsp3) is 0.952. The first-order chi connectivity index (χ1) is 13.0. The van der Waals surface area contributed by atoms with E-state index in [0.29, 0.717) is 24.0 Å². The maximum absolute atomic E-state index is 11.9. The van der Waals surface area contributed by atoms with Gasteiger partial charge in [0, 0.05) is 45.2 Å². The average molecular weight is 380 g/mol. The number of amides is 1. The molecule has 1 saturated carbocycles. The molecule has 3 saturated heterocycles. The molecular formula is C21H37N3O3. The Labute approximate surface area is 163 Å². The second-order valence-electron chi connectivity index (χ2n) is 9.36. The van der Waals surface area contributed by atoms with Crippen molar-refractivity contribution in [2.75, 3.05) is 39.3 Å². The average Bonchev–Trinajstić information content (AvgIpc) is 3.28. The van der Waals surface area contributed by atoms with Crippen molar-refractivity contribution in [2.45, 2.75) is 77.3 Å². The molecule has 0 aromatic heterocycles. The van der Waals surface area contributed by atoms with E-state index >= 15 is 0 Å². The fourth-order valence-electron chi connectivity index (χ4n) is 6.29. The molecule has 27 heavy (non-hydrogen) atoms. The second-order valence-corrected chi connectivity index (χ2v) is 9.36. The highest BCUT2D eigenvalue weighted by Crippen LogP contribution is 2.51. The van der Waals surface area contributed by atoms with Crippen LogP contribution in [0.4, 0.5) is 0 Å². The zero-order chi connectivity index (χ0) is 19.0. The third-order valence-corrected chi connectivity index (χ3v) is 7.77. The van der Waals surface area contributed by atoms with Crippen LogP contribution in [0.1, 0.15) is 58.8 Å². The summed E-state index contributed by atoms with van der Waals surface area (Å²) < 4.78 is 5.36. The molecule has 4 fully saturated rings. The summed E-state index contributed by atoms with van der Waals surface area (Å²) in [6.45, 7) is 9.51. The molecule has 6 heteroatoms. The van der Waals surface area contributed by atoms with Crippen LogP contribution >= 0.6 is 0 Å². The lowest BCUT2D eigenvalue weighted by molar-refractivity contribution is -0.188. The highest BCUT2D eigenvalue weighted by atomic mass is 16.6. The predicted octanol–water partition coefficient (Wildman–Crippen LogP) is 1.88. The quantitative estimate of drug-likeness (QED) is 0.739. The first kappa shape index (κ1) is 19.6. The van der Waals surface area contributed by atoms with Gasteiger partial charge in [0.1, 0.15) is 0 Å². The normalized spacial score (nSPS) is 37.1. The van der Waals surface area contributed by atoms with E-state index in [1.54, 1.807) is 6.92 Å². The van der Waals surface area contributed by atoms with Gasteiger partial charge >= 0.3 is 0 Å². The van der Waals surface area contributed by atoms with Crippen molar-refractivity contribution in [3.63, 3.8) is 0 Å². The summed E-state index contributed by atoms with van der Waals surface area (Å²) in [6.07, 6.45) is 7.89. The van der Waals surface area contributed by atoms with Crippen molar-refractivity contribution in [2.24, 2.45) is 11.3 Å². The van der Waals surface area contributed by atoms with Gasteiger partial charge in [-0.05, 0) is 76.3 Å². The number of aliphatic hydroxyl groups excluding tert-OH is 1. The minimum Gasteiger partial charge on any atom is -0.356 e. The van der Waals surface area contributed by atoms with Crippen LogP contribution in [-0.4, -0.2) is 83.5 Å². The Morgan fingerprint density at radius 3 is 2.59 bits per heavy atom. The molecule has 0 bridgehead atoms. The van der Waals surface area contributed by atoms with Gasteiger partial charge in [-0.2, -0.15) is 0 Å². The van der Waals surface area contributed by atoms with Gasteiger partial charge in [0.25, 0.3) is 0 Å². The summed E-state index contributed by atoms with van der Waals surface area (Å²) >= 11 is 0. The molecule has 3 heterocycles. The topological polar surface area (TPSA) is 56.3 Å². The van der Waals surface area contributed by atoms with Gasteiger partial charge in [-0.15, -0.1) is 0 Å². The lowest BCUT2D eigenvalue weighted by Gasteiger charge is -2.52. The molecule has 154 valence electrons. The molecular weight excluding hydrogens is 342 g/mol. The van der Waals surface area contributed by atoms with Gasteiger partial charge < -0.3 is 19.6 Å². The first-order valence-electron chi connectivity index (χ1n) is 11.1. The molecule has 2 unspecified atom stereocenters. The lowest BCUT2D eigenvalue weighted by atomic mass is 9.64. The van der Waals surface area contributed by atoms with Crippen LogP contribution in [0.2, 0.25) is 0 Å². The highest BCUT2D eigenvalue weighted by Gasteiger charge is 2.51. The Kier molecular flexibility index (Phi) is 5.79. The van der Waals surface area contributed by atoms with Crippen molar-refractivity contribution < 1.29 is 14.6 Å². The standard InChI is InChI=1S/C21H37N3O3/c1-3-27-20(26)23-12-8-21(15-23)13-18(14-21)22-10-6-17(7-11-22)19-5-4-9-24(19)16(2)25/h17-20,26H,3-15H2,1-2H3. The van der Waals surface area contributed by atoms with Gasteiger partial charge in [0.15, 0.2) is 0 Å². The van der Waals surface area contributed by atoms with E-state index in [1.807, 2.05) is 6.92 Å². The Morgan fingerprint density at radius 2 is 1.93 bits per heavy atom. The Hall–Kier alpha value is -0.690. The third kappa shape index (κ3) is 3.91. The van der Waals surface area contributed by atoms with E-state index in [9.17, 15) is 9.90 Å². The van der Waals surface area contributed by atoms with Crippen molar-refractivity contribution >= 4 is 5.91 Å². The monoisotopic (exact) mass is 379 g/mol. The molecule has 1 N–H and O–H groups in total. The molecule has 1 amide bonds. The van der Waals surface area contributed by atoms with Gasteiger partial charge in [0.2, 0.25) is 12.3 Å². The molecule has 0 aromatic carbocycles. The summed E-state index contributed by atoms with van der Waals surface area (Å²) in [4.78, 5) is 18.8. The van der Waals surface area contributed by atoms with E-state index in [0.717, 1.165) is 25.7 Å². The molecule has 0 aromatic rings. The van der Waals surface area contributed by atoms with Crippen LogP contribution in [0.3, 0.4) is 0 Å². The number of hydrogen-bond donors (Lipinski definition) is 1. The van der Waals surface area contributed by atoms with Crippen LogP contribution in [0.15, 0.2) is 0 Å². The fourth-order valence-corrected chi connectivity index (χ4v) is 6.29. The summed E-state index contributed by atoms with van der Waals surface area (Å²) in [7, 11) is 0. The van der Waals surface area contributed by atoms with E-state index in [4.69, 9.17) is 4.74 Å². The lowest BCUT2D eigenvalue weighted by Crippen LogP contribution is -2.55. The number of rotatable bonds is 5. The predicted molar refractivity (Wildman–Crippen MR) is 104 cm³/mol. The van der Waals surface area contributed by atoms with E-state index in [-0.39, 0.29) is 5.91 Å². The van der Waals surface area contributed by atoms with Crippen LogP contribution in [0.5, 0.6) is 0 Å². The summed E-state index contributed by atoms with van der Waals surface area (Å²) in [5.74, 6) is 0.964. The summed E-state index contributed by atoms with van der Waals surface area (Å²) in [5.41, 5.74) is 0.413. The van der Waals surface area contributed by atoms with Crippen molar-refractivity contribution in [3.8, 4) is 0 Å². The molecule has 0 radical (unpaired) electrons. The van der Waals surface area contributed by atoms with Crippen molar-refractivity contribution in [3.05, 3.63) is 0 Å². The Balaban J connectivity index is 1.22. The van der Waals surface area contributed by atoms with E-state index in [2.05, 4.69) is 14.7 Å². The van der Waals surface area contributed by atoms with Gasteiger partial charge in [-0.3, -0.25) is 9.69 Å². The number of likely N-dealkylation sites (tertiary alicyclic amines) is 3. The number of nitrogens with zero attached hydrogens (tertiary/aromatic N) is 3. The van der Waals surface area contributed by atoms with Crippen LogP contribution in [-0.2, 0) is 9.53 Å². The largest absolute Gasteiger partial charge is 0.356 e. The molecule has 1 aliphatic carbocycles. The number of hydrogen-bond acceptors (Lipinski definition) is 5. The second kappa shape index (κ2) is 7.97. The highest BCUT2D eigenvalue weighted by molar-refractivity contribution is 5.73. The minimum atomic E-state index is -0.722. The van der Waals surface area contributed by atoms with Gasteiger partial charge in [-0.1, -0.05) is 0 Å². The van der Waals surface area contributed by atoms with E-state index in [1.165, 1.54) is 58.0 Å².